The molecular weight excluding hydrogens is 223 g/mol. The number of allylic oxidation sites excluding steroid dienone is 2. The minimum atomic E-state index is 0.641. The van der Waals surface area contributed by atoms with Crippen LogP contribution in [0.5, 0.6) is 0 Å². The second-order valence-corrected chi connectivity index (χ2v) is 5.30. The van der Waals surface area contributed by atoms with Crippen LogP contribution in [0.2, 0.25) is 0 Å². The largest absolute Gasteiger partial charge is 0.0737 e. The molecule has 0 aromatic carbocycles. The first-order valence-electron chi connectivity index (χ1n) is 3.50. The molecule has 50 valence electrons. The molecule has 0 aliphatic heterocycles. The lowest BCUT2D eigenvalue weighted by molar-refractivity contribution is 0.846. The lowest BCUT2D eigenvalue weighted by Crippen LogP contribution is -1.96. The van der Waals surface area contributed by atoms with E-state index in [1.807, 2.05) is 0 Å². The van der Waals surface area contributed by atoms with Gasteiger partial charge in [-0.1, -0.05) is 33.7 Å². The van der Waals surface area contributed by atoms with Crippen LogP contribution < -0.4 is 0 Å². The molecule has 0 nitrogen and oxygen atoms in total. The fraction of sp³-hybridized carbons (Fsp3) is 0.750. The summed E-state index contributed by atoms with van der Waals surface area (Å²) < 4.78 is 0.641. The van der Waals surface area contributed by atoms with E-state index < -0.39 is 0 Å². The molecule has 0 radical (unpaired) electrons. The first-order valence-corrected chi connectivity index (χ1v) is 4.58. The van der Waals surface area contributed by atoms with Gasteiger partial charge in [0, 0.05) is 3.42 Å². The number of alkyl halides is 1. The van der Waals surface area contributed by atoms with Crippen molar-refractivity contribution in [3.05, 3.63) is 11.1 Å². The average molecular weight is 234 g/mol. The normalized spacial score (nSPS) is 47.7. The van der Waals surface area contributed by atoms with Gasteiger partial charge in [0.15, 0.2) is 0 Å². The Kier molecular flexibility index (Phi) is 1.07. The quantitative estimate of drug-likeness (QED) is 0.343. The molecule has 0 heterocycles. The minimum absolute atomic E-state index is 0.641. The lowest BCUT2D eigenvalue weighted by Gasteiger charge is -2.03. The van der Waals surface area contributed by atoms with Crippen molar-refractivity contribution >= 4 is 22.6 Å². The average Bonchev–Trinajstić information content (AvgIpc) is 2.36. The zero-order valence-corrected chi connectivity index (χ0v) is 8.03. The first-order chi connectivity index (χ1) is 4.14. The van der Waals surface area contributed by atoms with Crippen LogP contribution in [0.15, 0.2) is 11.1 Å². The molecule has 2 atom stereocenters. The summed E-state index contributed by atoms with van der Waals surface area (Å²) in [5.41, 5.74) is 3.33. The predicted octanol–water partition coefficient (Wildman–Crippen LogP) is 2.92. The SMILES string of the molecule is CC1=C(C)C2(I)CC2C1. The Hall–Kier alpha value is 0.470. The Labute approximate surface area is 69.9 Å². The van der Waals surface area contributed by atoms with Crippen LogP contribution in [0.1, 0.15) is 26.7 Å². The smallest absolute Gasteiger partial charge is 0.0465 e. The Morgan fingerprint density at radius 3 is 2.44 bits per heavy atom. The highest BCUT2D eigenvalue weighted by molar-refractivity contribution is 14.1. The van der Waals surface area contributed by atoms with Gasteiger partial charge < -0.3 is 0 Å². The van der Waals surface area contributed by atoms with Gasteiger partial charge in [-0.25, -0.2) is 0 Å². The van der Waals surface area contributed by atoms with Crippen molar-refractivity contribution in [1.82, 2.24) is 0 Å². The monoisotopic (exact) mass is 234 g/mol. The third-order valence-corrected chi connectivity index (χ3v) is 4.98. The number of rotatable bonds is 0. The van der Waals surface area contributed by atoms with E-state index in [4.69, 9.17) is 0 Å². The van der Waals surface area contributed by atoms with Crippen molar-refractivity contribution in [1.29, 1.82) is 0 Å². The topological polar surface area (TPSA) is 0 Å². The molecule has 2 aliphatic carbocycles. The Balaban J connectivity index is 2.38. The molecule has 2 unspecified atom stereocenters. The highest BCUT2D eigenvalue weighted by atomic mass is 127. The molecule has 0 bridgehead atoms. The fourth-order valence-electron chi connectivity index (χ4n) is 1.87. The Bertz CT molecular complexity index is 193. The fourth-order valence-corrected chi connectivity index (χ4v) is 3.08. The number of hydrogen-bond donors (Lipinski definition) is 0. The molecule has 1 heteroatoms. The molecule has 1 saturated carbocycles. The summed E-state index contributed by atoms with van der Waals surface area (Å²) in [6.07, 6.45) is 2.84. The molecule has 1 fully saturated rings. The zero-order valence-electron chi connectivity index (χ0n) is 5.87. The molecule has 0 spiro atoms. The molecule has 9 heavy (non-hydrogen) atoms. The maximum absolute atomic E-state index is 2.62. The molecule has 0 aromatic heterocycles. The van der Waals surface area contributed by atoms with Crippen molar-refractivity contribution in [3.63, 3.8) is 0 Å². The minimum Gasteiger partial charge on any atom is -0.0737 e. The Morgan fingerprint density at radius 2 is 2.22 bits per heavy atom. The maximum Gasteiger partial charge on any atom is 0.0465 e. The predicted molar refractivity (Wildman–Crippen MR) is 47.8 cm³/mol. The third-order valence-electron chi connectivity index (χ3n) is 2.85. The second kappa shape index (κ2) is 1.55. The van der Waals surface area contributed by atoms with Gasteiger partial charge in [0.2, 0.25) is 0 Å². The summed E-state index contributed by atoms with van der Waals surface area (Å²) in [6, 6.07) is 0. The van der Waals surface area contributed by atoms with E-state index in [0.717, 1.165) is 5.92 Å². The van der Waals surface area contributed by atoms with Crippen molar-refractivity contribution in [2.24, 2.45) is 5.92 Å². The van der Waals surface area contributed by atoms with Crippen LogP contribution in [0.4, 0.5) is 0 Å². The number of fused-ring (bicyclic) bond motifs is 1. The summed E-state index contributed by atoms with van der Waals surface area (Å²) in [7, 11) is 0. The van der Waals surface area contributed by atoms with E-state index in [-0.39, 0.29) is 0 Å². The summed E-state index contributed by atoms with van der Waals surface area (Å²) in [5.74, 6) is 1.03. The first kappa shape index (κ1) is 6.20. The van der Waals surface area contributed by atoms with Crippen LogP contribution in [0, 0.1) is 5.92 Å². The van der Waals surface area contributed by atoms with E-state index in [2.05, 4.69) is 36.4 Å². The van der Waals surface area contributed by atoms with Crippen molar-refractivity contribution in [2.75, 3.05) is 0 Å². The zero-order chi connectivity index (χ0) is 6.65. The summed E-state index contributed by atoms with van der Waals surface area (Å²) >= 11 is 2.62. The molecule has 0 aromatic rings. The van der Waals surface area contributed by atoms with E-state index in [1.54, 1.807) is 11.1 Å². The van der Waals surface area contributed by atoms with Crippen LogP contribution in [0.25, 0.3) is 0 Å². The summed E-state index contributed by atoms with van der Waals surface area (Å²) in [4.78, 5) is 0. The van der Waals surface area contributed by atoms with Gasteiger partial charge in [-0.15, -0.1) is 0 Å². The molecule has 2 aliphatic rings. The van der Waals surface area contributed by atoms with E-state index in [1.165, 1.54) is 12.8 Å². The number of hydrogen-bond acceptors (Lipinski definition) is 0. The lowest BCUT2D eigenvalue weighted by atomic mass is 10.1. The number of halogens is 1. The highest BCUT2D eigenvalue weighted by Crippen LogP contribution is 2.64. The van der Waals surface area contributed by atoms with Gasteiger partial charge >= 0.3 is 0 Å². The molecule has 0 amide bonds. The molecular formula is C8H11I. The Morgan fingerprint density at radius 1 is 1.56 bits per heavy atom. The van der Waals surface area contributed by atoms with Crippen LogP contribution >= 0.6 is 22.6 Å². The summed E-state index contributed by atoms with van der Waals surface area (Å²) in [5, 5.41) is 0. The van der Waals surface area contributed by atoms with Crippen LogP contribution in [-0.4, -0.2) is 3.42 Å². The second-order valence-electron chi connectivity index (χ2n) is 3.37. The molecule has 2 rings (SSSR count). The van der Waals surface area contributed by atoms with Crippen molar-refractivity contribution in [3.8, 4) is 0 Å². The third kappa shape index (κ3) is 0.644. The van der Waals surface area contributed by atoms with Gasteiger partial charge in [-0.2, -0.15) is 0 Å². The van der Waals surface area contributed by atoms with Gasteiger partial charge in [0.25, 0.3) is 0 Å². The summed E-state index contributed by atoms with van der Waals surface area (Å²) in [6.45, 7) is 4.58. The van der Waals surface area contributed by atoms with Gasteiger partial charge in [-0.05, 0) is 32.6 Å². The van der Waals surface area contributed by atoms with E-state index >= 15 is 0 Å². The molecule has 0 N–H and O–H groups in total. The van der Waals surface area contributed by atoms with Gasteiger partial charge in [0.1, 0.15) is 0 Å². The van der Waals surface area contributed by atoms with E-state index in [0.29, 0.717) is 3.42 Å². The van der Waals surface area contributed by atoms with Crippen LogP contribution in [0.3, 0.4) is 0 Å². The standard InChI is InChI=1S/C8H11I/c1-5-3-7-4-8(7,9)6(5)2/h7H,3-4H2,1-2H3. The molecule has 0 saturated heterocycles. The van der Waals surface area contributed by atoms with Gasteiger partial charge in [-0.3, -0.25) is 0 Å². The van der Waals surface area contributed by atoms with Crippen molar-refractivity contribution in [2.45, 2.75) is 30.1 Å². The maximum atomic E-state index is 2.62. The van der Waals surface area contributed by atoms with Crippen molar-refractivity contribution < 1.29 is 0 Å². The van der Waals surface area contributed by atoms with E-state index in [9.17, 15) is 0 Å². The van der Waals surface area contributed by atoms with Crippen LogP contribution in [-0.2, 0) is 0 Å². The van der Waals surface area contributed by atoms with Gasteiger partial charge in [0.05, 0.1) is 0 Å². The highest BCUT2D eigenvalue weighted by Gasteiger charge is 2.57.